The van der Waals surface area contributed by atoms with Crippen molar-refractivity contribution in [3.8, 4) is 16.8 Å². The largest absolute Gasteiger partial charge is 0.456 e. The number of allylic oxidation sites excluding steroid dienone is 1. The van der Waals surface area contributed by atoms with Crippen molar-refractivity contribution in [1.29, 1.82) is 0 Å². The molecule has 1 aliphatic rings. The number of rotatable bonds is 6. The Morgan fingerprint density at radius 1 is 0.514 bits per heavy atom. The highest BCUT2D eigenvalue weighted by molar-refractivity contribution is 7.26. The molecule has 352 valence electrons. The summed E-state index contributed by atoms with van der Waals surface area (Å²) < 4.78 is 12.2. The monoisotopic (exact) mass is 966 g/mol. The SMILES string of the molecule is CCC1/C(c2ccc(-c3ccccc3)cc2)=C/C[C@@H](C)/C(c2ccc3oc4cc5ccccc5cc4c3c2-n2c3cc4ccccc4cc3c3cc4ccccc4cc32)=N\C1c1cccc2c1sc1ccccc12. The third-order valence-corrected chi connectivity index (χ3v) is 17.4. The first-order valence-electron chi connectivity index (χ1n) is 26.1. The molecule has 0 N–H and O–H groups in total. The van der Waals surface area contributed by atoms with Gasteiger partial charge in [0.05, 0.1) is 28.1 Å². The summed E-state index contributed by atoms with van der Waals surface area (Å²) >= 11 is 1.91. The topological polar surface area (TPSA) is 30.4 Å². The first-order chi connectivity index (χ1) is 36.5. The van der Waals surface area contributed by atoms with Gasteiger partial charge in [-0.2, -0.15) is 0 Å². The van der Waals surface area contributed by atoms with Gasteiger partial charge < -0.3 is 8.98 Å². The van der Waals surface area contributed by atoms with Gasteiger partial charge in [0.1, 0.15) is 11.2 Å². The Kier molecular flexibility index (Phi) is 9.90. The zero-order chi connectivity index (χ0) is 49.0. The summed E-state index contributed by atoms with van der Waals surface area (Å²) in [6.45, 7) is 4.76. The van der Waals surface area contributed by atoms with Crippen molar-refractivity contribution in [2.75, 3.05) is 0 Å². The molecule has 0 bridgehead atoms. The van der Waals surface area contributed by atoms with Crippen molar-refractivity contribution >= 4 is 119 Å². The normalized spacial score (nSPS) is 17.9. The number of benzene rings is 11. The molecule has 14 aromatic rings. The fourth-order valence-electron chi connectivity index (χ4n) is 12.6. The van der Waals surface area contributed by atoms with Gasteiger partial charge in [0.25, 0.3) is 0 Å². The number of fused-ring (bicyclic) bond motifs is 12. The predicted molar refractivity (Wildman–Crippen MR) is 317 cm³/mol. The summed E-state index contributed by atoms with van der Waals surface area (Å²) in [5.74, 6) is 0.149. The van der Waals surface area contributed by atoms with Crippen molar-refractivity contribution in [1.82, 2.24) is 4.57 Å². The summed E-state index contributed by atoms with van der Waals surface area (Å²) in [4.78, 5) is 6.36. The second kappa shape index (κ2) is 17.0. The highest BCUT2D eigenvalue weighted by atomic mass is 32.1. The Hall–Kier alpha value is -8.57. The standard InChI is InChI=1S/C70H50N2OS/c1-3-52-53(45-31-29-44(30-32-45)43-16-5-4-6-17-43)33-28-42(2)67(71-68(52)57-26-15-25-55-54-24-13-14-27-65(54)74-70(55)57)56-34-35-63-66(60-38-48-20-9-12-23-51(48)41-64(60)73-63)69(56)72-61-39-49-21-10-7-18-46(49)36-58(61)59-37-47-19-8-11-22-50(47)40-62(59)72/h4-27,29-42,52,68H,3,28H2,1-2H3/b53-33+,71-67+/t42-,52?,68?/m1/s1. The van der Waals surface area contributed by atoms with Crippen LogP contribution in [0.1, 0.15) is 49.4 Å². The van der Waals surface area contributed by atoms with Crippen LogP contribution in [-0.2, 0) is 0 Å². The summed E-state index contributed by atoms with van der Waals surface area (Å²) in [6, 6.07) is 80.7. The van der Waals surface area contributed by atoms with E-state index < -0.39 is 0 Å². The van der Waals surface area contributed by atoms with E-state index in [0.29, 0.717) is 0 Å². The molecular formula is C70H50N2OS. The van der Waals surface area contributed by atoms with Gasteiger partial charge in [-0.15, -0.1) is 11.3 Å². The number of thiophene rings is 1. The molecule has 0 saturated carbocycles. The minimum Gasteiger partial charge on any atom is -0.456 e. The quantitative estimate of drug-likeness (QED) is 0.163. The first kappa shape index (κ1) is 43.1. The van der Waals surface area contributed by atoms with Gasteiger partial charge in [0.15, 0.2) is 0 Å². The average Bonchev–Trinajstić information content (AvgIpc) is 4.12. The van der Waals surface area contributed by atoms with Crippen LogP contribution in [0.25, 0.3) is 119 Å². The van der Waals surface area contributed by atoms with Crippen molar-refractivity contribution in [3.05, 3.63) is 241 Å². The third kappa shape index (κ3) is 6.75. The van der Waals surface area contributed by atoms with E-state index in [-0.39, 0.29) is 17.9 Å². The van der Waals surface area contributed by atoms with E-state index in [1.807, 2.05) is 11.3 Å². The van der Waals surface area contributed by atoms with Crippen LogP contribution in [0.4, 0.5) is 0 Å². The Morgan fingerprint density at radius 2 is 1.08 bits per heavy atom. The van der Waals surface area contributed by atoms with Gasteiger partial charge in [-0.05, 0) is 128 Å². The molecule has 4 heterocycles. The molecule has 3 aromatic heterocycles. The third-order valence-electron chi connectivity index (χ3n) is 16.2. The summed E-state index contributed by atoms with van der Waals surface area (Å²) in [6.07, 6.45) is 4.32. The van der Waals surface area contributed by atoms with E-state index >= 15 is 0 Å². The fourth-order valence-corrected chi connectivity index (χ4v) is 13.8. The van der Waals surface area contributed by atoms with Crippen molar-refractivity contribution in [2.24, 2.45) is 16.8 Å². The number of hydrogen-bond acceptors (Lipinski definition) is 3. The molecule has 3 nitrogen and oxygen atoms in total. The number of furan rings is 1. The number of aliphatic imine (C=N–C) groups is 1. The first-order valence-corrected chi connectivity index (χ1v) is 26.9. The lowest BCUT2D eigenvalue weighted by molar-refractivity contribution is 0.517. The minimum absolute atomic E-state index is 0.0560. The van der Waals surface area contributed by atoms with Gasteiger partial charge in [-0.1, -0.05) is 184 Å². The van der Waals surface area contributed by atoms with Crippen LogP contribution in [0.2, 0.25) is 0 Å². The van der Waals surface area contributed by atoms with Crippen LogP contribution in [0, 0.1) is 11.8 Å². The van der Waals surface area contributed by atoms with E-state index in [0.717, 1.165) is 68.2 Å². The Morgan fingerprint density at radius 3 is 1.76 bits per heavy atom. The van der Waals surface area contributed by atoms with E-state index in [9.17, 15) is 0 Å². The predicted octanol–water partition coefficient (Wildman–Crippen LogP) is 19.9. The zero-order valence-electron chi connectivity index (χ0n) is 41.2. The Balaban J connectivity index is 1.05. The Labute approximate surface area is 432 Å². The van der Waals surface area contributed by atoms with Crippen molar-refractivity contribution < 1.29 is 4.42 Å². The van der Waals surface area contributed by atoms with Crippen LogP contribution in [0.5, 0.6) is 0 Å². The van der Waals surface area contributed by atoms with Gasteiger partial charge in [0, 0.05) is 59.4 Å². The molecule has 3 atom stereocenters. The lowest BCUT2D eigenvalue weighted by Gasteiger charge is -2.32. The van der Waals surface area contributed by atoms with Crippen LogP contribution in [0.15, 0.2) is 234 Å². The smallest absolute Gasteiger partial charge is 0.137 e. The maximum absolute atomic E-state index is 7.02. The molecule has 0 spiro atoms. The van der Waals surface area contributed by atoms with E-state index in [1.165, 1.54) is 85.7 Å². The van der Waals surface area contributed by atoms with E-state index in [4.69, 9.17) is 9.41 Å². The van der Waals surface area contributed by atoms with Gasteiger partial charge in [-0.3, -0.25) is 4.99 Å². The summed E-state index contributed by atoms with van der Waals surface area (Å²) in [5, 5.41) is 14.5. The second-order valence-corrected chi connectivity index (χ2v) is 21.5. The van der Waals surface area contributed by atoms with E-state index in [1.54, 1.807) is 0 Å². The maximum Gasteiger partial charge on any atom is 0.137 e. The van der Waals surface area contributed by atoms with Crippen LogP contribution < -0.4 is 0 Å². The lowest BCUT2D eigenvalue weighted by Crippen LogP contribution is -2.23. The molecule has 0 radical (unpaired) electrons. The molecule has 11 aromatic carbocycles. The molecule has 0 aliphatic carbocycles. The van der Waals surface area contributed by atoms with Gasteiger partial charge in [-0.25, -0.2) is 0 Å². The summed E-state index contributed by atoms with van der Waals surface area (Å²) in [5.41, 5.74) is 13.8. The zero-order valence-corrected chi connectivity index (χ0v) is 42.0. The van der Waals surface area contributed by atoms with Crippen molar-refractivity contribution in [3.63, 3.8) is 0 Å². The molecule has 74 heavy (non-hydrogen) atoms. The van der Waals surface area contributed by atoms with E-state index in [2.05, 4.69) is 243 Å². The van der Waals surface area contributed by atoms with Gasteiger partial charge in [0.2, 0.25) is 0 Å². The molecule has 1 aliphatic heterocycles. The molecule has 0 fully saturated rings. The molecular weight excluding hydrogens is 917 g/mol. The Bertz CT molecular complexity index is 4550. The van der Waals surface area contributed by atoms with Crippen LogP contribution >= 0.6 is 11.3 Å². The van der Waals surface area contributed by atoms with Crippen molar-refractivity contribution in [2.45, 2.75) is 32.7 Å². The molecule has 0 amide bonds. The average molecular weight is 967 g/mol. The molecule has 4 heteroatoms. The highest BCUT2D eigenvalue weighted by Crippen LogP contribution is 2.49. The number of hydrogen-bond donors (Lipinski definition) is 0. The lowest BCUT2D eigenvalue weighted by atomic mass is 9.78. The second-order valence-electron chi connectivity index (χ2n) is 20.4. The van der Waals surface area contributed by atoms with Crippen LogP contribution in [-0.4, -0.2) is 10.3 Å². The fraction of sp³-hybridized carbons (Fsp3) is 0.100. The maximum atomic E-state index is 7.02. The number of aromatic nitrogens is 1. The molecule has 2 unspecified atom stereocenters. The molecule has 15 rings (SSSR count). The minimum atomic E-state index is -0.186. The number of nitrogens with zero attached hydrogens (tertiary/aromatic N) is 2. The summed E-state index contributed by atoms with van der Waals surface area (Å²) in [7, 11) is 0. The van der Waals surface area contributed by atoms with Crippen LogP contribution in [0.3, 0.4) is 0 Å². The van der Waals surface area contributed by atoms with Gasteiger partial charge >= 0.3 is 0 Å². The highest BCUT2D eigenvalue weighted by Gasteiger charge is 2.33. The molecule has 0 saturated heterocycles.